The van der Waals surface area contributed by atoms with Crippen LogP contribution in [0.4, 0.5) is 0 Å². The van der Waals surface area contributed by atoms with Crippen LogP contribution in [0.1, 0.15) is 6.92 Å². The van der Waals surface area contributed by atoms with E-state index >= 15 is 0 Å². The van der Waals surface area contributed by atoms with Crippen LogP contribution >= 0.6 is 0 Å². The van der Waals surface area contributed by atoms with Gasteiger partial charge in [0.1, 0.15) is 11.4 Å². The third kappa shape index (κ3) is 1.96. The number of hydrogen-bond acceptors (Lipinski definition) is 2. The van der Waals surface area contributed by atoms with E-state index in [2.05, 4.69) is 33.4 Å². The summed E-state index contributed by atoms with van der Waals surface area (Å²) in [6, 6.07) is 16.3. The van der Waals surface area contributed by atoms with Gasteiger partial charge in [-0.25, -0.2) is 0 Å². The Kier molecular flexibility index (Phi) is 2.67. The molecule has 0 saturated heterocycles. The normalized spacial score (nSPS) is 11.3. The molecule has 0 aliphatic carbocycles. The van der Waals surface area contributed by atoms with E-state index in [-0.39, 0.29) is 0 Å². The molecule has 0 amide bonds. The molecule has 0 unspecified atom stereocenters. The van der Waals surface area contributed by atoms with Crippen LogP contribution in [0, 0.1) is 0 Å². The summed E-state index contributed by atoms with van der Waals surface area (Å²) in [7, 11) is 0. The Labute approximate surface area is 121 Å². The number of fused-ring (bicyclic) bond motifs is 2. The predicted octanol–water partition coefficient (Wildman–Crippen LogP) is 4.11. The van der Waals surface area contributed by atoms with E-state index in [0.717, 1.165) is 33.6 Å². The highest BCUT2D eigenvalue weighted by Crippen LogP contribution is 2.30. The molecule has 0 bridgehead atoms. The zero-order valence-corrected chi connectivity index (χ0v) is 11.7. The first-order valence-electron chi connectivity index (χ1n) is 7.04. The first-order valence-corrected chi connectivity index (χ1v) is 7.04. The molecule has 0 spiro atoms. The standard InChI is InChI=1S/C17H15N3O/c1-2-21-12-7-8-15-13(10-12)17(20-19-15)16-9-11-5-3-4-6-14(11)18-16/h3-10,18H,2H2,1H3,(H,19,20). The van der Waals surface area contributed by atoms with E-state index in [4.69, 9.17) is 4.74 Å². The summed E-state index contributed by atoms with van der Waals surface area (Å²) in [5, 5.41) is 9.77. The number of nitrogens with zero attached hydrogens (tertiary/aromatic N) is 1. The van der Waals surface area contributed by atoms with Crippen LogP contribution in [0.15, 0.2) is 48.5 Å². The second kappa shape index (κ2) is 4.66. The zero-order valence-electron chi connectivity index (χ0n) is 11.7. The molecule has 2 aromatic carbocycles. The van der Waals surface area contributed by atoms with Crippen LogP contribution in [-0.4, -0.2) is 21.8 Å². The van der Waals surface area contributed by atoms with Crippen molar-refractivity contribution >= 4 is 21.8 Å². The van der Waals surface area contributed by atoms with Gasteiger partial charge in [-0.1, -0.05) is 18.2 Å². The Morgan fingerprint density at radius 3 is 2.81 bits per heavy atom. The molecule has 21 heavy (non-hydrogen) atoms. The molecular weight excluding hydrogens is 262 g/mol. The number of aromatic nitrogens is 3. The zero-order chi connectivity index (χ0) is 14.2. The first-order chi connectivity index (χ1) is 10.3. The minimum Gasteiger partial charge on any atom is -0.494 e. The number of para-hydroxylation sites is 1. The Balaban J connectivity index is 1.90. The summed E-state index contributed by atoms with van der Waals surface area (Å²) in [4.78, 5) is 3.42. The molecule has 4 nitrogen and oxygen atoms in total. The number of rotatable bonds is 3. The van der Waals surface area contributed by atoms with Crippen molar-refractivity contribution in [2.24, 2.45) is 0 Å². The fraction of sp³-hybridized carbons (Fsp3) is 0.118. The molecule has 0 radical (unpaired) electrons. The smallest absolute Gasteiger partial charge is 0.120 e. The third-order valence-corrected chi connectivity index (χ3v) is 3.63. The maximum atomic E-state index is 5.58. The van der Waals surface area contributed by atoms with Crippen LogP contribution < -0.4 is 4.74 Å². The largest absolute Gasteiger partial charge is 0.494 e. The quantitative estimate of drug-likeness (QED) is 0.592. The summed E-state index contributed by atoms with van der Waals surface area (Å²) < 4.78 is 5.58. The molecule has 2 heterocycles. The van der Waals surface area contributed by atoms with E-state index in [0.29, 0.717) is 6.61 Å². The highest BCUT2D eigenvalue weighted by molar-refractivity contribution is 5.96. The Hall–Kier alpha value is -2.75. The summed E-state index contributed by atoms with van der Waals surface area (Å²) in [5.74, 6) is 0.865. The first kappa shape index (κ1) is 12.0. The van der Waals surface area contributed by atoms with E-state index in [9.17, 15) is 0 Å². The maximum absolute atomic E-state index is 5.58. The lowest BCUT2D eigenvalue weighted by molar-refractivity contribution is 0.341. The second-order valence-corrected chi connectivity index (χ2v) is 4.98. The fourth-order valence-corrected chi connectivity index (χ4v) is 2.66. The van der Waals surface area contributed by atoms with Gasteiger partial charge in [-0.05, 0) is 37.3 Å². The average molecular weight is 277 g/mol. The highest BCUT2D eigenvalue weighted by Gasteiger charge is 2.11. The number of H-pyrrole nitrogens is 2. The van der Waals surface area contributed by atoms with Crippen LogP contribution in [-0.2, 0) is 0 Å². The topological polar surface area (TPSA) is 53.7 Å². The van der Waals surface area contributed by atoms with Gasteiger partial charge in [-0.15, -0.1) is 0 Å². The lowest BCUT2D eigenvalue weighted by atomic mass is 10.1. The number of hydrogen-bond donors (Lipinski definition) is 2. The van der Waals surface area contributed by atoms with Gasteiger partial charge in [0.2, 0.25) is 0 Å². The predicted molar refractivity (Wildman–Crippen MR) is 84.6 cm³/mol. The van der Waals surface area contributed by atoms with E-state index in [1.54, 1.807) is 0 Å². The molecule has 0 saturated carbocycles. The van der Waals surface area contributed by atoms with Gasteiger partial charge in [-0.3, -0.25) is 5.10 Å². The number of aromatic amines is 2. The number of benzene rings is 2. The minimum absolute atomic E-state index is 0.658. The van der Waals surface area contributed by atoms with Gasteiger partial charge in [-0.2, -0.15) is 5.10 Å². The van der Waals surface area contributed by atoms with Crippen molar-refractivity contribution in [3.8, 4) is 17.1 Å². The van der Waals surface area contributed by atoms with Crippen molar-refractivity contribution < 1.29 is 4.74 Å². The molecule has 2 aromatic heterocycles. The van der Waals surface area contributed by atoms with Crippen molar-refractivity contribution in [2.75, 3.05) is 6.61 Å². The van der Waals surface area contributed by atoms with E-state index in [1.807, 2.05) is 37.3 Å². The molecule has 0 aliphatic heterocycles. The van der Waals surface area contributed by atoms with E-state index in [1.165, 1.54) is 5.39 Å². The van der Waals surface area contributed by atoms with Crippen LogP contribution in [0.2, 0.25) is 0 Å². The minimum atomic E-state index is 0.658. The lowest BCUT2D eigenvalue weighted by Crippen LogP contribution is -1.90. The molecule has 4 rings (SSSR count). The van der Waals surface area contributed by atoms with Gasteiger partial charge >= 0.3 is 0 Å². The molecule has 0 atom stereocenters. The lowest BCUT2D eigenvalue weighted by Gasteiger charge is -2.02. The van der Waals surface area contributed by atoms with Crippen molar-refractivity contribution in [2.45, 2.75) is 6.92 Å². The number of ether oxygens (including phenoxy) is 1. The summed E-state index contributed by atoms with van der Waals surface area (Å²) in [6.45, 7) is 2.64. The molecule has 0 fully saturated rings. The Morgan fingerprint density at radius 1 is 1.05 bits per heavy atom. The summed E-state index contributed by atoms with van der Waals surface area (Å²) in [5.41, 5.74) is 4.05. The fourth-order valence-electron chi connectivity index (χ4n) is 2.66. The highest BCUT2D eigenvalue weighted by atomic mass is 16.5. The number of nitrogens with one attached hydrogen (secondary N) is 2. The monoisotopic (exact) mass is 277 g/mol. The summed E-state index contributed by atoms with van der Waals surface area (Å²) >= 11 is 0. The SMILES string of the molecule is CCOc1ccc2[nH]nc(-c3cc4ccccc4[nH]3)c2c1. The molecule has 0 aliphatic rings. The summed E-state index contributed by atoms with van der Waals surface area (Å²) in [6.07, 6.45) is 0. The van der Waals surface area contributed by atoms with Crippen molar-refractivity contribution in [3.63, 3.8) is 0 Å². The Morgan fingerprint density at radius 2 is 1.95 bits per heavy atom. The van der Waals surface area contributed by atoms with Gasteiger partial charge in [0.25, 0.3) is 0 Å². The van der Waals surface area contributed by atoms with Gasteiger partial charge in [0.05, 0.1) is 17.8 Å². The molecular formula is C17H15N3O. The molecule has 2 N–H and O–H groups in total. The van der Waals surface area contributed by atoms with Gasteiger partial charge in [0, 0.05) is 16.3 Å². The van der Waals surface area contributed by atoms with Gasteiger partial charge < -0.3 is 9.72 Å². The van der Waals surface area contributed by atoms with Crippen molar-refractivity contribution in [1.82, 2.24) is 15.2 Å². The average Bonchev–Trinajstić information content (AvgIpc) is 3.10. The molecule has 4 aromatic rings. The van der Waals surface area contributed by atoms with Gasteiger partial charge in [0.15, 0.2) is 0 Å². The second-order valence-electron chi connectivity index (χ2n) is 4.98. The van der Waals surface area contributed by atoms with Crippen molar-refractivity contribution in [3.05, 3.63) is 48.5 Å². The van der Waals surface area contributed by atoms with Crippen LogP contribution in [0.5, 0.6) is 5.75 Å². The molecule has 104 valence electrons. The molecule has 4 heteroatoms. The van der Waals surface area contributed by atoms with Crippen LogP contribution in [0.25, 0.3) is 33.2 Å². The Bertz CT molecular complexity index is 887. The maximum Gasteiger partial charge on any atom is 0.120 e. The van der Waals surface area contributed by atoms with Crippen LogP contribution in [0.3, 0.4) is 0 Å². The van der Waals surface area contributed by atoms with E-state index < -0.39 is 0 Å². The van der Waals surface area contributed by atoms with Crippen molar-refractivity contribution in [1.29, 1.82) is 0 Å². The third-order valence-electron chi connectivity index (χ3n) is 3.63.